The van der Waals surface area contributed by atoms with Gasteiger partial charge in [0.25, 0.3) is 11.1 Å². The number of fused-ring (bicyclic) bond motifs is 1. The van der Waals surface area contributed by atoms with Gasteiger partial charge in [-0.2, -0.15) is 0 Å². The summed E-state index contributed by atoms with van der Waals surface area (Å²) in [5.41, 5.74) is 1.97. The van der Waals surface area contributed by atoms with Crippen LogP contribution < -0.4 is 4.74 Å². The lowest BCUT2D eigenvalue weighted by atomic mass is 10.1. The Kier molecular flexibility index (Phi) is 7.28. The summed E-state index contributed by atoms with van der Waals surface area (Å²) in [7, 11) is 0. The fraction of sp³-hybridized carbons (Fsp3) is 0.250. The first-order valence-electron chi connectivity index (χ1n) is 10.4. The number of amides is 2. The number of hydrogen-bond acceptors (Lipinski definition) is 4. The van der Waals surface area contributed by atoms with Crippen LogP contribution in [0.2, 0.25) is 5.02 Å². The summed E-state index contributed by atoms with van der Waals surface area (Å²) in [6.45, 7) is 3.67. The summed E-state index contributed by atoms with van der Waals surface area (Å²) in [5, 5.41) is 1.42. The molecule has 0 radical (unpaired) electrons. The van der Waals surface area contributed by atoms with Crippen molar-refractivity contribution >= 4 is 67.4 Å². The monoisotopic (exact) mass is 532 g/mol. The zero-order valence-corrected chi connectivity index (χ0v) is 20.7. The first-order valence-corrected chi connectivity index (χ1v) is 12.4. The Labute approximate surface area is 204 Å². The Balaban J connectivity index is 1.54. The number of halogens is 2. The molecule has 5 nitrogen and oxygen atoms in total. The van der Waals surface area contributed by atoms with E-state index in [2.05, 4.69) is 26.6 Å². The van der Waals surface area contributed by atoms with Gasteiger partial charge in [-0.3, -0.25) is 14.5 Å². The van der Waals surface area contributed by atoms with Crippen molar-refractivity contribution in [2.24, 2.45) is 0 Å². The van der Waals surface area contributed by atoms with E-state index in [-0.39, 0.29) is 11.1 Å². The molecule has 2 amide bonds. The maximum Gasteiger partial charge on any atom is 0.293 e. The number of carbonyl (C=O) groups excluding carboxylic acids is 2. The molecule has 1 saturated heterocycles. The molecule has 0 spiro atoms. The average molecular weight is 534 g/mol. The van der Waals surface area contributed by atoms with Crippen LogP contribution in [0.3, 0.4) is 0 Å². The van der Waals surface area contributed by atoms with Crippen LogP contribution in [0.1, 0.15) is 25.3 Å². The molecular weight excluding hydrogens is 512 g/mol. The maximum absolute atomic E-state index is 12.7. The minimum absolute atomic E-state index is 0.204. The van der Waals surface area contributed by atoms with Gasteiger partial charge >= 0.3 is 0 Å². The van der Waals surface area contributed by atoms with Crippen molar-refractivity contribution in [3.8, 4) is 5.75 Å². The van der Waals surface area contributed by atoms with Crippen LogP contribution in [0.4, 0.5) is 4.79 Å². The van der Waals surface area contributed by atoms with Gasteiger partial charge in [0.2, 0.25) is 0 Å². The van der Waals surface area contributed by atoms with E-state index in [4.69, 9.17) is 16.3 Å². The van der Waals surface area contributed by atoms with E-state index in [9.17, 15) is 9.59 Å². The van der Waals surface area contributed by atoms with Crippen molar-refractivity contribution < 1.29 is 14.3 Å². The summed E-state index contributed by atoms with van der Waals surface area (Å²) in [4.78, 5) is 26.7. The summed E-state index contributed by atoms with van der Waals surface area (Å²) in [5.74, 6) is 0.463. The topological polar surface area (TPSA) is 51.5 Å². The fourth-order valence-corrected chi connectivity index (χ4v) is 5.04. The fourth-order valence-electron chi connectivity index (χ4n) is 3.63. The SMILES string of the molecule is CCCN1C(=O)S/C(=C\c2cn(CCCOc3ccccc3Cl)c3ccc(Br)cc23)C1=O. The van der Waals surface area contributed by atoms with Gasteiger partial charge in [0.05, 0.1) is 16.5 Å². The lowest BCUT2D eigenvalue weighted by Crippen LogP contribution is -2.28. The minimum Gasteiger partial charge on any atom is -0.492 e. The molecule has 32 heavy (non-hydrogen) atoms. The normalized spacial score (nSPS) is 15.3. The van der Waals surface area contributed by atoms with Gasteiger partial charge in [0, 0.05) is 40.2 Å². The molecule has 2 heterocycles. The Morgan fingerprint density at radius 1 is 1.16 bits per heavy atom. The van der Waals surface area contributed by atoms with Crippen molar-refractivity contribution in [2.45, 2.75) is 26.3 Å². The summed E-state index contributed by atoms with van der Waals surface area (Å²) < 4.78 is 8.92. The Hall–Kier alpha value is -2.22. The zero-order valence-electron chi connectivity index (χ0n) is 17.5. The Bertz CT molecular complexity index is 1210. The molecule has 1 fully saturated rings. The predicted molar refractivity (Wildman–Crippen MR) is 134 cm³/mol. The third kappa shape index (κ3) is 4.90. The molecule has 0 bridgehead atoms. The number of ether oxygens (including phenoxy) is 1. The van der Waals surface area contributed by atoms with Gasteiger partial charge < -0.3 is 9.30 Å². The third-order valence-electron chi connectivity index (χ3n) is 5.12. The second-order valence-electron chi connectivity index (χ2n) is 7.41. The number of nitrogens with zero attached hydrogens (tertiary/aromatic N) is 2. The number of thioether (sulfide) groups is 1. The van der Waals surface area contributed by atoms with Crippen LogP contribution in [0.25, 0.3) is 17.0 Å². The highest BCUT2D eigenvalue weighted by Crippen LogP contribution is 2.35. The van der Waals surface area contributed by atoms with Crippen LogP contribution in [-0.4, -0.2) is 33.8 Å². The largest absolute Gasteiger partial charge is 0.492 e. The molecule has 0 atom stereocenters. The van der Waals surface area contributed by atoms with E-state index in [1.165, 1.54) is 4.90 Å². The molecule has 0 saturated carbocycles. The first-order chi connectivity index (χ1) is 15.5. The van der Waals surface area contributed by atoms with Gasteiger partial charge in [-0.1, -0.05) is 46.6 Å². The predicted octanol–water partition coefficient (Wildman–Crippen LogP) is 6.97. The van der Waals surface area contributed by atoms with Crippen LogP contribution >= 0.6 is 39.3 Å². The molecule has 0 unspecified atom stereocenters. The van der Waals surface area contributed by atoms with E-state index in [0.29, 0.717) is 28.8 Å². The minimum atomic E-state index is -0.217. The van der Waals surface area contributed by atoms with Crippen LogP contribution in [0.5, 0.6) is 5.75 Å². The molecule has 0 aliphatic carbocycles. The standard InChI is InChI=1S/C24H22BrClN2O3S/c1-2-10-28-23(29)22(32-24(28)30)13-16-15-27(20-9-8-17(25)14-18(16)20)11-5-12-31-21-7-4-3-6-19(21)26/h3-4,6-9,13-15H,2,5,10-12H2,1H3/b22-13-. The molecule has 8 heteroatoms. The van der Waals surface area contributed by atoms with Gasteiger partial charge in [0.15, 0.2) is 0 Å². The average Bonchev–Trinajstić information content (AvgIpc) is 3.24. The number of rotatable bonds is 8. The molecular formula is C24H22BrClN2O3S. The van der Waals surface area contributed by atoms with E-state index in [1.807, 2.05) is 55.6 Å². The van der Waals surface area contributed by atoms with Crippen molar-refractivity contribution in [3.05, 3.63) is 68.6 Å². The molecule has 0 N–H and O–H groups in total. The van der Waals surface area contributed by atoms with Crippen molar-refractivity contribution in [3.63, 3.8) is 0 Å². The van der Waals surface area contributed by atoms with Gasteiger partial charge in [-0.25, -0.2) is 0 Å². The number of imide groups is 1. The highest BCUT2D eigenvalue weighted by molar-refractivity contribution is 9.10. The second kappa shape index (κ2) is 10.1. The third-order valence-corrected chi connectivity index (χ3v) is 6.83. The van der Waals surface area contributed by atoms with Crippen molar-refractivity contribution in [2.75, 3.05) is 13.2 Å². The van der Waals surface area contributed by atoms with Gasteiger partial charge in [0.1, 0.15) is 5.75 Å². The lowest BCUT2D eigenvalue weighted by Gasteiger charge is -2.09. The molecule has 2 aromatic carbocycles. The van der Waals surface area contributed by atoms with Crippen LogP contribution in [0.15, 0.2) is 58.0 Å². The van der Waals surface area contributed by atoms with E-state index >= 15 is 0 Å². The molecule has 1 aliphatic rings. The highest BCUT2D eigenvalue weighted by Gasteiger charge is 2.34. The van der Waals surface area contributed by atoms with Gasteiger partial charge in [-0.15, -0.1) is 0 Å². The van der Waals surface area contributed by atoms with Crippen molar-refractivity contribution in [1.82, 2.24) is 9.47 Å². The Morgan fingerprint density at radius 3 is 2.75 bits per heavy atom. The molecule has 1 aliphatic heterocycles. The van der Waals surface area contributed by atoms with Crippen molar-refractivity contribution in [1.29, 1.82) is 0 Å². The molecule has 1 aromatic heterocycles. The number of benzene rings is 2. The molecule has 3 aromatic rings. The number of hydrogen-bond donors (Lipinski definition) is 0. The second-order valence-corrected chi connectivity index (χ2v) is 9.72. The molecule has 4 rings (SSSR count). The highest BCUT2D eigenvalue weighted by atomic mass is 79.9. The number of carbonyl (C=O) groups is 2. The summed E-state index contributed by atoms with van der Waals surface area (Å²) >= 11 is 10.7. The quantitative estimate of drug-likeness (QED) is 0.232. The summed E-state index contributed by atoms with van der Waals surface area (Å²) in [6.07, 6.45) is 5.39. The van der Waals surface area contributed by atoms with E-state index < -0.39 is 0 Å². The van der Waals surface area contributed by atoms with E-state index in [0.717, 1.165) is 52.1 Å². The van der Waals surface area contributed by atoms with E-state index in [1.54, 1.807) is 0 Å². The lowest BCUT2D eigenvalue weighted by molar-refractivity contribution is -0.122. The zero-order chi connectivity index (χ0) is 22.7. The number of aromatic nitrogens is 1. The number of para-hydroxylation sites is 1. The Morgan fingerprint density at radius 2 is 1.97 bits per heavy atom. The molecule has 166 valence electrons. The number of aryl methyl sites for hydroxylation is 1. The van der Waals surface area contributed by atoms with Crippen LogP contribution in [-0.2, 0) is 11.3 Å². The summed E-state index contributed by atoms with van der Waals surface area (Å²) in [6, 6.07) is 13.5. The first kappa shape index (κ1) is 23.0. The maximum atomic E-state index is 12.7. The van der Waals surface area contributed by atoms with Crippen LogP contribution in [0, 0.1) is 0 Å². The smallest absolute Gasteiger partial charge is 0.293 e. The van der Waals surface area contributed by atoms with Gasteiger partial charge in [-0.05, 0) is 61.0 Å².